The number of amides is 2. The van der Waals surface area contributed by atoms with Crippen LogP contribution in [0, 0.1) is 6.92 Å². The van der Waals surface area contributed by atoms with Gasteiger partial charge in [-0.2, -0.15) is 0 Å². The molecule has 0 bridgehead atoms. The molecule has 146 valence electrons. The summed E-state index contributed by atoms with van der Waals surface area (Å²) >= 11 is 19.5. The van der Waals surface area contributed by atoms with Gasteiger partial charge in [-0.05, 0) is 36.8 Å². The van der Waals surface area contributed by atoms with Crippen LogP contribution in [0.4, 0.5) is 11.4 Å². The van der Waals surface area contributed by atoms with E-state index in [9.17, 15) is 9.59 Å². The first-order chi connectivity index (χ1) is 13.3. The number of aryl methyl sites for hydroxylation is 1. The molecule has 1 heterocycles. The molecule has 1 aliphatic rings. The van der Waals surface area contributed by atoms with Crippen molar-refractivity contribution in [3.63, 3.8) is 0 Å². The van der Waals surface area contributed by atoms with Crippen molar-refractivity contribution in [1.82, 2.24) is 4.90 Å². The van der Waals surface area contributed by atoms with Crippen LogP contribution in [0.3, 0.4) is 0 Å². The molecule has 3 rings (SSSR count). The molecule has 1 saturated heterocycles. The van der Waals surface area contributed by atoms with Gasteiger partial charge in [-0.15, -0.1) is 0 Å². The lowest BCUT2D eigenvalue weighted by Crippen LogP contribution is -2.30. The number of benzene rings is 2. The number of carbonyl (C=O) groups is 2. The molecule has 0 aliphatic carbocycles. The average molecular weight is 457 g/mol. The molecule has 1 atom stereocenters. The zero-order valence-corrected chi connectivity index (χ0v) is 18.1. The third-order valence-electron chi connectivity index (χ3n) is 4.11. The van der Waals surface area contributed by atoms with Crippen molar-refractivity contribution in [2.24, 2.45) is 4.99 Å². The molecule has 2 amide bonds. The molecular formula is C19H16Cl3N3O2S. The van der Waals surface area contributed by atoms with Gasteiger partial charge < -0.3 is 5.32 Å². The van der Waals surface area contributed by atoms with Gasteiger partial charge in [0, 0.05) is 24.2 Å². The highest BCUT2D eigenvalue weighted by atomic mass is 35.5. The van der Waals surface area contributed by atoms with E-state index in [0.717, 1.165) is 5.56 Å². The third kappa shape index (κ3) is 4.63. The van der Waals surface area contributed by atoms with Crippen molar-refractivity contribution < 1.29 is 9.59 Å². The van der Waals surface area contributed by atoms with Gasteiger partial charge in [0.05, 0.1) is 15.7 Å². The van der Waals surface area contributed by atoms with Gasteiger partial charge in [-0.3, -0.25) is 14.5 Å². The van der Waals surface area contributed by atoms with Crippen molar-refractivity contribution in [2.45, 2.75) is 18.6 Å². The van der Waals surface area contributed by atoms with Crippen LogP contribution in [0.2, 0.25) is 15.1 Å². The number of anilines is 1. The molecule has 2 aromatic carbocycles. The highest BCUT2D eigenvalue weighted by molar-refractivity contribution is 8.15. The lowest BCUT2D eigenvalue weighted by molar-refractivity contribution is -0.127. The number of halogens is 3. The van der Waals surface area contributed by atoms with Crippen LogP contribution in [0.25, 0.3) is 0 Å². The highest BCUT2D eigenvalue weighted by Gasteiger charge is 2.37. The van der Waals surface area contributed by atoms with E-state index in [1.807, 2.05) is 13.0 Å². The van der Waals surface area contributed by atoms with Crippen LogP contribution in [0.1, 0.15) is 12.0 Å². The maximum Gasteiger partial charge on any atom is 0.242 e. The number of thioether (sulfide) groups is 1. The zero-order valence-electron chi connectivity index (χ0n) is 15.0. The number of carbonyl (C=O) groups excluding carboxylic acids is 2. The Balaban J connectivity index is 1.70. The van der Waals surface area contributed by atoms with Gasteiger partial charge >= 0.3 is 0 Å². The van der Waals surface area contributed by atoms with Gasteiger partial charge in [0.1, 0.15) is 5.25 Å². The fraction of sp³-hybridized carbons (Fsp3) is 0.211. The van der Waals surface area contributed by atoms with Gasteiger partial charge in [-0.1, -0.05) is 58.7 Å². The molecule has 5 nitrogen and oxygen atoms in total. The topological polar surface area (TPSA) is 61.8 Å². The summed E-state index contributed by atoms with van der Waals surface area (Å²) in [6.07, 6.45) is 0.0155. The van der Waals surface area contributed by atoms with E-state index in [1.54, 1.807) is 37.4 Å². The number of amidine groups is 1. The zero-order chi connectivity index (χ0) is 20.4. The molecule has 2 aromatic rings. The molecular weight excluding hydrogens is 441 g/mol. The lowest BCUT2D eigenvalue weighted by Gasteiger charge is -2.10. The minimum Gasteiger partial charge on any atom is -0.326 e. The molecule has 1 N–H and O–H groups in total. The first-order valence-electron chi connectivity index (χ1n) is 8.29. The summed E-state index contributed by atoms with van der Waals surface area (Å²) in [5.41, 5.74) is 1.98. The van der Waals surface area contributed by atoms with E-state index >= 15 is 0 Å². The predicted octanol–water partition coefficient (Wildman–Crippen LogP) is 5.55. The smallest absolute Gasteiger partial charge is 0.242 e. The third-order valence-corrected chi connectivity index (χ3v) is 6.56. The Hall–Kier alpha value is -1.73. The average Bonchev–Trinajstić information content (AvgIpc) is 2.90. The minimum absolute atomic E-state index is 0.0155. The summed E-state index contributed by atoms with van der Waals surface area (Å²) in [4.78, 5) is 30.7. The molecule has 9 heteroatoms. The van der Waals surface area contributed by atoms with Gasteiger partial charge in [0.2, 0.25) is 11.8 Å². The molecule has 1 fully saturated rings. The predicted molar refractivity (Wildman–Crippen MR) is 117 cm³/mol. The Morgan fingerprint density at radius 3 is 2.68 bits per heavy atom. The van der Waals surface area contributed by atoms with E-state index in [2.05, 4.69) is 10.3 Å². The number of hydrogen-bond donors (Lipinski definition) is 1. The molecule has 0 spiro atoms. The Kier molecular flexibility index (Phi) is 6.55. The van der Waals surface area contributed by atoms with Crippen LogP contribution in [-0.2, 0) is 9.59 Å². The van der Waals surface area contributed by atoms with Crippen LogP contribution in [-0.4, -0.2) is 34.2 Å². The van der Waals surface area contributed by atoms with Crippen molar-refractivity contribution >= 4 is 74.9 Å². The Bertz CT molecular complexity index is 981. The van der Waals surface area contributed by atoms with E-state index in [4.69, 9.17) is 34.8 Å². The summed E-state index contributed by atoms with van der Waals surface area (Å²) < 4.78 is 0. The number of nitrogens with one attached hydrogen (secondary N) is 1. The van der Waals surface area contributed by atoms with E-state index in [0.29, 0.717) is 31.6 Å². The molecule has 0 unspecified atom stereocenters. The van der Waals surface area contributed by atoms with Gasteiger partial charge in [0.25, 0.3) is 0 Å². The second-order valence-electron chi connectivity index (χ2n) is 6.19. The van der Waals surface area contributed by atoms with Crippen LogP contribution in [0.5, 0.6) is 0 Å². The van der Waals surface area contributed by atoms with Crippen molar-refractivity contribution in [3.05, 3.63) is 57.0 Å². The van der Waals surface area contributed by atoms with Crippen molar-refractivity contribution in [2.75, 3.05) is 12.4 Å². The van der Waals surface area contributed by atoms with Gasteiger partial charge in [-0.25, -0.2) is 4.99 Å². The SMILES string of the molecule is Cc1ccc(NC(=O)C[C@@H]2SC(=Nc3cccc(Cl)c3Cl)N(C)C2=O)cc1Cl. The molecule has 0 saturated carbocycles. The van der Waals surface area contributed by atoms with E-state index in [1.165, 1.54) is 16.7 Å². The highest BCUT2D eigenvalue weighted by Crippen LogP contribution is 2.36. The minimum atomic E-state index is -0.567. The fourth-order valence-electron chi connectivity index (χ4n) is 2.53. The fourth-order valence-corrected chi connectivity index (χ4v) is 4.20. The quantitative estimate of drug-likeness (QED) is 0.656. The molecule has 1 aliphatic heterocycles. The molecule has 0 radical (unpaired) electrons. The summed E-state index contributed by atoms with van der Waals surface area (Å²) in [5.74, 6) is -0.472. The number of rotatable bonds is 4. The Labute approximate surface area is 182 Å². The normalized spacial score (nSPS) is 18.0. The summed E-state index contributed by atoms with van der Waals surface area (Å²) in [7, 11) is 1.62. The summed E-state index contributed by atoms with van der Waals surface area (Å²) in [6, 6.07) is 10.4. The first-order valence-corrected chi connectivity index (χ1v) is 10.3. The van der Waals surface area contributed by atoms with Crippen LogP contribution < -0.4 is 5.32 Å². The van der Waals surface area contributed by atoms with E-state index in [-0.39, 0.29) is 18.2 Å². The summed E-state index contributed by atoms with van der Waals surface area (Å²) in [6.45, 7) is 1.88. The largest absolute Gasteiger partial charge is 0.326 e. The first kappa shape index (κ1) is 21.0. The summed E-state index contributed by atoms with van der Waals surface area (Å²) in [5, 5.41) is 3.93. The Morgan fingerprint density at radius 2 is 1.96 bits per heavy atom. The maximum atomic E-state index is 12.5. The van der Waals surface area contributed by atoms with Crippen LogP contribution in [0.15, 0.2) is 41.4 Å². The second-order valence-corrected chi connectivity index (χ2v) is 8.55. The number of nitrogens with zero attached hydrogens (tertiary/aromatic N) is 2. The lowest BCUT2D eigenvalue weighted by atomic mass is 10.2. The molecule has 28 heavy (non-hydrogen) atoms. The second kappa shape index (κ2) is 8.74. The van der Waals surface area contributed by atoms with Gasteiger partial charge in [0.15, 0.2) is 5.17 Å². The van der Waals surface area contributed by atoms with Crippen molar-refractivity contribution in [1.29, 1.82) is 0 Å². The monoisotopic (exact) mass is 455 g/mol. The number of aliphatic imine (C=N–C) groups is 1. The standard InChI is InChI=1S/C19H16Cl3N3O2S/c1-10-6-7-11(8-13(10)21)23-16(26)9-15-18(27)25(2)19(28-15)24-14-5-3-4-12(20)17(14)22/h3-8,15H,9H2,1-2H3,(H,23,26)/t15-/m0/s1. The van der Waals surface area contributed by atoms with Crippen LogP contribution >= 0.6 is 46.6 Å². The Morgan fingerprint density at radius 1 is 1.21 bits per heavy atom. The van der Waals surface area contributed by atoms with Crippen molar-refractivity contribution in [3.8, 4) is 0 Å². The molecule has 0 aromatic heterocycles. The maximum absolute atomic E-state index is 12.5. The van der Waals surface area contributed by atoms with E-state index < -0.39 is 5.25 Å². The number of hydrogen-bond acceptors (Lipinski definition) is 4.